The summed E-state index contributed by atoms with van der Waals surface area (Å²) >= 11 is 5.80. The molecule has 4 nitrogen and oxygen atoms in total. The third-order valence-corrected chi connectivity index (χ3v) is 2.43. The summed E-state index contributed by atoms with van der Waals surface area (Å²) in [5.41, 5.74) is 0.405. The zero-order chi connectivity index (χ0) is 12.8. The average Bonchev–Trinajstić information content (AvgIpc) is 2.35. The van der Waals surface area contributed by atoms with Crippen molar-refractivity contribution < 1.29 is 9.53 Å². The number of nitriles is 1. The molecule has 1 atom stereocenters. The minimum absolute atomic E-state index is 0.225. The van der Waals surface area contributed by atoms with Crippen molar-refractivity contribution in [3.63, 3.8) is 0 Å². The number of amides is 1. The first-order chi connectivity index (χ1) is 8.08. The van der Waals surface area contributed by atoms with E-state index in [1.54, 1.807) is 25.1 Å². The van der Waals surface area contributed by atoms with E-state index in [2.05, 4.69) is 5.32 Å². The first-order valence-electron chi connectivity index (χ1n) is 5.09. The van der Waals surface area contributed by atoms with Crippen LogP contribution in [0, 0.1) is 17.2 Å². The zero-order valence-electron chi connectivity index (χ0n) is 9.66. The molecule has 0 radical (unpaired) electrons. The van der Waals surface area contributed by atoms with Crippen molar-refractivity contribution in [3.8, 4) is 11.8 Å². The number of carbonyl (C=O) groups is 1. The summed E-state index contributed by atoms with van der Waals surface area (Å²) in [6, 6.07) is 6.82. The Kier molecular flexibility index (Phi) is 4.80. The number of ether oxygens (including phenoxy) is 1. The molecule has 0 aliphatic carbocycles. The van der Waals surface area contributed by atoms with Gasteiger partial charge in [-0.15, -0.1) is 0 Å². The Bertz CT molecular complexity index is 454. The molecular weight excluding hydrogens is 240 g/mol. The fourth-order valence-electron chi connectivity index (χ4n) is 1.24. The van der Waals surface area contributed by atoms with Crippen LogP contribution in [0.2, 0.25) is 5.02 Å². The molecule has 17 heavy (non-hydrogen) atoms. The molecule has 0 saturated carbocycles. The highest BCUT2D eigenvalue weighted by molar-refractivity contribution is 6.30. The smallest absolute Gasteiger partial charge is 0.255 e. The highest BCUT2D eigenvalue weighted by atomic mass is 35.5. The van der Waals surface area contributed by atoms with Gasteiger partial charge in [-0.3, -0.25) is 4.79 Å². The van der Waals surface area contributed by atoms with E-state index in [0.29, 0.717) is 22.9 Å². The lowest BCUT2D eigenvalue weighted by atomic mass is 10.1. The number of hydrogen-bond donors (Lipinski definition) is 1. The van der Waals surface area contributed by atoms with E-state index in [1.165, 1.54) is 7.11 Å². The highest BCUT2D eigenvalue weighted by Crippen LogP contribution is 2.22. The summed E-state index contributed by atoms with van der Waals surface area (Å²) in [5, 5.41) is 11.8. The molecule has 0 fully saturated rings. The second kappa shape index (κ2) is 6.12. The van der Waals surface area contributed by atoms with Crippen LogP contribution in [0.5, 0.6) is 5.75 Å². The molecule has 1 aromatic carbocycles. The van der Waals surface area contributed by atoms with Gasteiger partial charge in [-0.05, 0) is 25.1 Å². The molecule has 0 spiro atoms. The van der Waals surface area contributed by atoms with Gasteiger partial charge in [0.25, 0.3) is 5.91 Å². The van der Waals surface area contributed by atoms with E-state index in [0.717, 1.165) is 0 Å². The van der Waals surface area contributed by atoms with E-state index >= 15 is 0 Å². The van der Waals surface area contributed by atoms with Crippen LogP contribution in [0.1, 0.15) is 17.3 Å². The van der Waals surface area contributed by atoms with E-state index in [9.17, 15) is 4.79 Å². The molecule has 1 N–H and O–H groups in total. The normalized spacial score (nSPS) is 11.4. The van der Waals surface area contributed by atoms with E-state index in [-0.39, 0.29) is 11.8 Å². The van der Waals surface area contributed by atoms with E-state index in [1.807, 2.05) is 6.07 Å². The quantitative estimate of drug-likeness (QED) is 0.894. The number of hydrogen-bond acceptors (Lipinski definition) is 3. The molecule has 1 unspecified atom stereocenters. The van der Waals surface area contributed by atoms with Gasteiger partial charge in [-0.25, -0.2) is 0 Å². The van der Waals surface area contributed by atoms with Gasteiger partial charge in [0.15, 0.2) is 0 Å². The molecular formula is C12H13ClN2O2. The molecule has 1 aromatic rings. The van der Waals surface area contributed by atoms with Crippen molar-refractivity contribution >= 4 is 17.5 Å². The predicted octanol–water partition coefficient (Wildman–Crippen LogP) is 2.24. The van der Waals surface area contributed by atoms with Crippen LogP contribution >= 0.6 is 11.6 Å². The van der Waals surface area contributed by atoms with Gasteiger partial charge in [0, 0.05) is 11.6 Å². The number of nitrogens with one attached hydrogen (secondary N) is 1. The van der Waals surface area contributed by atoms with Crippen molar-refractivity contribution in [3.05, 3.63) is 28.8 Å². The maximum absolute atomic E-state index is 11.8. The molecule has 0 aromatic heterocycles. The SMILES string of the molecule is COc1cc(Cl)ccc1C(=O)NCC(C)C#N. The average molecular weight is 253 g/mol. The van der Waals surface area contributed by atoms with Gasteiger partial charge in [-0.1, -0.05) is 11.6 Å². The Morgan fingerprint density at radius 3 is 2.94 bits per heavy atom. The minimum atomic E-state index is -0.277. The number of methoxy groups -OCH3 is 1. The maximum atomic E-state index is 11.8. The molecule has 5 heteroatoms. The van der Waals surface area contributed by atoms with Crippen molar-refractivity contribution in [2.45, 2.75) is 6.92 Å². The van der Waals surface area contributed by atoms with Crippen LogP contribution in [0.3, 0.4) is 0 Å². The molecule has 0 aliphatic rings. The van der Waals surface area contributed by atoms with E-state index < -0.39 is 0 Å². The summed E-state index contributed by atoms with van der Waals surface area (Å²) in [6.07, 6.45) is 0. The fourth-order valence-corrected chi connectivity index (χ4v) is 1.40. The van der Waals surface area contributed by atoms with Crippen molar-refractivity contribution in [1.29, 1.82) is 5.26 Å². The van der Waals surface area contributed by atoms with Gasteiger partial charge in [-0.2, -0.15) is 5.26 Å². The van der Waals surface area contributed by atoms with Crippen molar-refractivity contribution in [2.24, 2.45) is 5.92 Å². The maximum Gasteiger partial charge on any atom is 0.255 e. The Balaban J connectivity index is 2.79. The second-order valence-corrected chi connectivity index (χ2v) is 4.02. The lowest BCUT2D eigenvalue weighted by Crippen LogP contribution is -2.28. The van der Waals surface area contributed by atoms with Gasteiger partial charge in [0.1, 0.15) is 5.75 Å². The molecule has 0 heterocycles. The third-order valence-electron chi connectivity index (χ3n) is 2.20. The standard InChI is InChI=1S/C12H13ClN2O2/c1-8(6-14)7-15-12(16)10-4-3-9(13)5-11(10)17-2/h3-5,8H,7H2,1-2H3,(H,15,16). The van der Waals surface area contributed by atoms with Gasteiger partial charge >= 0.3 is 0 Å². The molecule has 0 aliphatic heterocycles. The Morgan fingerprint density at radius 1 is 1.65 bits per heavy atom. The molecule has 90 valence electrons. The van der Waals surface area contributed by atoms with Crippen LogP contribution in [-0.2, 0) is 0 Å². The Labute approximate surface area is 105 Å². The van der Waals surface area contributed by atoms with Crippen LogP contribution in [-0.4, -0.2) is 19.6 Å². The topological polar surface area (TPSA) is 62.1 Å². The summed E-state index contributed by atoms with van der Waals surface area (Å²) in [4.78, 5) is 11.8. The van der Waals surface area contributed by atoms with Crippen LogP contribution in [0.4, 0.5) is 0 Å². The lowest BCUT2D eigenvalue weighted by Gasteiger charge is -2.10. The Morgan fingerprint density at radius 2 is 2.35 bits per heavy atom. The number of carbonyl (C=O) groups excluding carboxylic acids is 1. The summed E-state index contributed by atoms with van der Waals surface area (Å²) in [5.74, 6) is -0.0857. The summed E-state index contributed by atoms with van der Waals surface area (Å²) in [6.45, 7) is 2.04. The molecule has 0 bridgehead atoms. The fraction of sp³-hybridized carbons (Fsp3) is 0.333. The van der Waals surface area contributed by atoms with E-state index in [4.69, 9.17) is 21.6 Å². The largest absolute Gasteiger partial charge is 0.496 e. The monoisotopic (exact) mass is 252 g/mol. The highest BCUT2D eigenvalue weighted by Gasteiger charge is 2.13. The van der Waals surface area contributed by atoms with Crippen molar-refractivity contribution in [1.82, 2.24) is 5.32 Å². The van der Waals surface area contributed by atoms with Crippen LogP contribution in [0.15, 0.2) is 18.2 Å². The summed E-state index contributed by atoms with van der Waals surface area (Å²) in [7, 11) is 1.47. The Hall–Kier alpha value is -1.73. The number of nitrogens with zero attached hydrogens (tertiary/aromatic N) is 1. The lowest BCUT2D eigenvalue weighted by molar-refractivity contribution is 0.0948. The van der Waals surface area contributed by atoms with Gasteiger partial charge < -0.3 is 10.1 Å². The second-order valence-electron chi connectivity index (χ2n) is 3.58. The molecule has 1 amide bonds. The van der Waals surface area contributed by atoms with Gasteiger partial charge in [0.05, 0.1) is 24.7 Å². The summed E-state index contributed by atoms with van der Waals surface area (Å²) < 4.78 is 5.07. The minimum Gasteiger partial charge on any atom is -0.496 e. The molecule has 0 saturated heterocycles. The number of rotatable bonds is 4. The predicted molar refractivity (Wildman–Crippen MR) is 65.1 cm³/mol. The zero-order valence-corrected chi connectivity index (χ0v) is 10.4. The number of benzene rings is 1. The van der Waals surface area contributed by atoms with Gasteiger partial charge in [0.2, 0.25) is 0 Å². The first-order valence-corrected chi connectivity index (χ1v) is 5.47. The third kappa shape index (κ3) is 3.65. The van der Waals surface area contributed by atoms with Crippen LogP contribution < -0.4 is 10.1 Å². The van der Waals surface area contributed by atoms with Crippen LogP contribution in [0.25, 0.3) is 0 Å². The first kappa shape index (κ1) is 13.3. The molecule has 1 rings (SSSR count). The van der Waals surface area contributed by atoms with Crippen molar-refractivity contribution in [2.75, 3.05) is 13.7 Å². The number of halogens is 1.